The van der Waals surface area contributed by atoms with Crippen LogP contribution in [0.1, 0.15) is 97.3 Å². The average molecular weight is 327 g/mol. The average Bonchev–Trinajstić information content (AvgIpc) is 2.56. The van der Waals surface area contributed by atoms with E-state index in [1.54, 1.807) is 0 Å². The molecule has 0 aliphatic carbocycles. The van der Waals surface area contributed by atoms with Gasteiger partial charge in [-0.3, -0.25) is 4.79 Å². The Balaban J connectivity index is 3.30. The molecule has 1 N–H and O–H groups in total. The summed E-state index contributed by atoms with van der Waals surface area (Å²) in [6.45, 7) is 4.08. The summed E-state index contributed by atoms with van der Waals surface area (Å²) in [4.78, 5) is 11.5. The van der Waals surface area contributed by atoms with Gasteiger partial charge in [0.05, 0.1) is 6.61 Å². The fourth-order valence-electron chi connectivity index (χ4n) is 2.48. The van der Waals surface area contributed by atoms with E-state index in [4.69, 9.17) is 9.84 Å². The van der Waals surface area contributed by atoms with E-state index >= 15 is 0 Å². The summed E-state index contributed by atoms with van der Waals surface area (Å²) in [6.07, 6.45) is 18.9. The Morgan fingerprint density at radius 1 is 0.913 bits per heavy atom. The Labute approximate surface area is 143 Å². The zero-order valence-electron chi connectivity index (χ0n) is 15.4. The summed E-state index contributed by atoms with van der Waals surface area (Å²) < 4.78 is 5.16. The summed E-state index contributed by atoms with van der Waals surface area (Å²) in [6, 6.07) is 0. The standard InChI is InChI=1S/C20H38O3/c1-3-5-6-7-8-9-10-11-12-13-14-15-16-17-20(22)23-19(4-2)18-21/h9-10,19,21H,3-8,11-18H2,1-2H3/b10-9+. The normalized spacial score (nSPS) is 12.7. The van der Waals surface area contributed by atoms with Crippen molar-refractivity contribution in [3.63, 3.8) is 0 Å². The Hall–Kier alpha value is -0.830. The van der Waals surface area contributed by atoms with Gasteiger partial charge >= 0.3 is 5.97 Å². The highest BCUT2D eigenvalue weighted by Gasteiger charge is 2.10. The van der Waals surface area contributed by atoms with E-state index < -0.39 is 0 Å². The number of carbonyl (C=O) groups is 1. The van der Waals surface area contributed by atoms with Crippen LogP contribution >= 0.6 is 0 Å². The van der Waals surface area contributed by atoms with Gasteiger partial charge in [-0.1, -0.05) is 64.5 Å². The largest absolute Gasteiger partial charge is 0.460 e. The van der Waals surface area contributed by atoms with Crippen LogP contribution in [0.5, 0.6) is 0 Å². The molecule has 23 heavy (non-hydrogen) atoms. The topological polar surface area (TPSA) is 46.5 Å². The van der Waals surface area contributed by atoms with Crippen LogP contribution in [-0.4, -0.2) is 23.8 Å². The zero-order valence-corrected chi connectivity index (χ0v) is 15.4. The van der Waals surface area contributed by atoms with E-state index in [2.05, 4.69) is 19.1 Å². The quantitative estimate of drug-likeness (QED) is 0.229. The minimum absolute atomic E-state index is 0.0750. The summed E-state index contributed by atoms with van der Waals surface area (Å²) >= 11 is 0. The number of esters is 1. The molecule has 0 heterocycles. The first kappa shape index (κ1) is 22.2. The van der Waals surface area contributed by atoms with Crippen LogP contribution in [0.25, 0.3) is 0 Å². The lowest BCUT2D eigenvalue weighted by molar-refractivity contribution is -0.151. The zero-order chi connectivity index (χ0) is 17.2. The van der Waals surface area contributed by atoms with E-state index in [1.165, 1.54) is 57.8 Å². The number of aliphatic hydroxyl groups excluding tert-OH is 1. The van der Waals surface area contributed by atoms with Gasteiger partial charge in [-0.25, -0.2) is 0 Å². The molecule has 136 valence electrons. The Morgan fingerprint density at radius 3 is 2.04 bits per heavy atom. The van der Waals surface area contributed by atoms with E-state index in [0.717, 1.165) is 12.8 Å². The predicted octanol–water partition coefficient (Wildman–Crippen LogP) is 5.56. The van der Waals surface area contributed by atoms with Crippen LogP contribution in [-0.2, 0) is 9.53 Å². The van der Waals surface area contributed by atoms with Crippen molar-refractivity contribution in [1.29, 1.82) is 0 Å². The van der Waals surface area contributed by atoms with Gasteiger partial charge in [0, 0.05) is 6.42 Å². The molecule has 1 unspecified atom stereocenters. The molecular weight excluding hydrogens is 288 g/mol. The molecule has 0 bridgehead atoms. The first-order valence-corrected chi connectivity index (χ1v) is 9.69. The predicted molar refractivity (Wildman–Crippen MR) is 97.5 cm³/mol. The summed E-state index contributed by atoms with van der Waals surface area (Å²) in [5, 5.41) is 8.98. The highest BCUT2D eigenvalue weighted by molar-refractivity contribution is 5.69. The molecule has 0 aliphatic heterocycles. The number of hydrogen-bond acceptors (Lipinski definition) is 3. The van der Waals surface area contributed by atoms with Crippen molar-refractivity contribution >= 4 is 5.97 Å². The lowest BCUT2D eigenvalue weighted by Gasteiger charge is -2.12. The van der Waals surface area contributed by atoms with Crippen molar-refractivity contribution in [2.24, 2.45) is 0 Å². The van der Waals surface area contributed by atoms with Gasteiger partial charge in [0.2, 0.25) is 0 Å². The van der Waals surface area contributed by atoms with Crippen LogP contribution in [0.3, 0.4) is 0 Å². The SMILES string of the molecule is CCCCCC/C=C/CCCCCCCC(=O)OC(CC)CO. The molecule has 3 heteroatoms. The minimum Gasteiger partial charge on any atom is -0.460 e. The Bertz CT molecular complexity index is 283. The molecule has 0 saturated heterocycles. The molecule has 3 nitrogen and oxygen atoms in total. The maximum absolute atomic E-state index is 11.5. The number of rotatable bonds is 16. The van der Waals surface area contributed by atoms with Crippen molar-refractivity contribution in [1.82, 2.24) is 0 Å². The van der Waals surface area contributed by atoms with Crippen LogP contribution < -0.4 is 0 Å². The summed E-state index contributed by atoms with van der Waals surface area (Å²) in [5.74, 6) is -0.170. The molecule has 0 fully saturated rings. The van der Waals surface area contributed by atoms with Crippen LogP contribution in [0.4, 0.5) is 0 Å². The van der Waals surface area contributed by atoms with E-state index in [-0.39, 0.29) is 18.7 Å². The molecule has 0 saturated carbocycles. The first-order valence-electron chi connectivity index (χ1n) is 9.69. The van der Waals surface area contributed by atoms with Gasteiger partial charge in [-0.05, 0) is 38.5 Å². The molecule has 0 amide bonds. The highest BCUT2D eigenvalue weighted by Crippen LogP contribution is 2.10. The van der Waals surface area contributed by atoms with Gasteiger partial charge in [0.15, 0.2) is 0 Å². The summed E-state index contributed by atoms with van der Waals surface area (Å²) in [5.41, 5.74) is 0. The third-order valence-electron chi connectivity index (χ3n) is 4.10. The number of unbranched alkanes of at least 4 members (excludes halogenated alkanes) is 9. The second-order valence-corrected chi connectivity index (χ2v) is 6.33. The number of allylic oxidation sites excluding steroid dienone is 2. The monoisotopic (exact) mass is 326 g/mol. The summed E-state index contributed by atoms with van der Waals surface area (Å²) in [7, 11) is 0. The lowest BCUT2D eigenvalue weighted by atomic mass is 10.1. The van der Waals surface area contributed by atoms with Crippen molar-refractivity contribution < 1.29 is 14.6 Å². The molecule has 0 aliphatic rings. The van der Waals surface area contributed by atoms with Crippen LogP contribution in [0, 0.1) is 0 Å². The third kappa shape index (κ3) is 15.8. The van der Waals surface area contributed by atoms with Gasteiger partial charge in [-0.15, -0.1) is 0 Å². The van der Waals surface area contributed by atoms with Gasteiger partial charge in [-0.2, -0.15) is 0 Å². The van der Waals surface area contributed by atoms with Gasteiger partial charge < -0.3 is 9.84 Å². The third-order valence-corrected chi connectivity index (χ3v) is 4.10. The molecular formula is C20H38O3. The van der Waals surface area contributed by atoms with E-state index in [0.29, 0.717) is 12.8 Å². The molecule has 0 aromatic heterocycles. The van der Waals surface area contributed by atoms with E-state index in [9.17, 15) is 4.79 Å². The molecule has 0 radical (unpaired) electrons. The van der Waals surface area contributed by atoms with Gasteiger partial charge in [0.1, 0.15) is 6.10 Å². The molecule has 0 rings (SSSR count). The van der Waals surface area contributed by atoms with Crippen molar-refractivity contribution in [3.05, 3.63) is 12.2 Å². The molecule has 0 spiro atoms. The fourth-order valence-corrected chi connectivity index (χ4v) is 2.48. The smallest absolute Gasteiger partial charge is 0.306 e. The molecule has 0 aromatic rings. The van der Waals surface area contributed by atoms with Crippen LogP contribution in [0.2, 0.25) is 0 Å². The second-order valence-electron chi connectivity index (χ2n) is 6.33. The van der Waals surface area contributed by atoms with Crippen molar-refractivity contribution in [2.75, 3.05) is 6.61 Å². The fraction of sp³-hybridized carbons (Fsp3) is 0.850. The molecule has 0 aromatic carbocycles. The lowest BCUT2D eigenvalue weighted by Crippen LogP contribution is -2.20. The Morgan fingerprint density at radius 2 is 1.48 bits per heavy atom. The second kappa shape index (κ2) is 17.5. The number of ether oxygens (including phenoxy) is 1. The minimum atomic E-state index is -0.323. The van der Waals surface area contributed by atoms with Crippen LogP contribution in [0.15, 0.2) is 12.2 Å². The van der Waals surface area contributed by atoms with Crippen molar-refractivity contribution in [3.8, 4) is 0 Å². The first-order chi connectivity index (χ1) is 11.2. The number of hydrogen-bond donors (Lipinski definition) is 1. The van der Waals surface area contributed by atoms with E-state index in [1.807, 2.05) is 6.92 Å². The highest BCUT2D eigenvalue weighted by atomic mass is 16.5. The Kier molecular flexibility index (Phi) is 16.9. The number of carbonyl (C=O) groups excluding carboxylic acids is 1. The molecule has 1 atom stereocenters. The van der Waals surface area contributed by atoms with Gasteiger partial charge in [0.25, 0.3) is 0 Å². The maximum atomic E-state index is 11.5. The van der Waals surface area contributed by atoms with Crippen molar-refractivity contribution in [2.45, 2.75) is 103 Å². The number of aliphatic hydroxyl groups is 1. The maximum Gasteiger partial charge on any atom is 0.306 e.